The van der Waals surface area contributed by atoms with Crippen LogP contribution in [0, 0.1) is 5.92 Å². The zero-order valence-corrected chi connectivity index (χ0v) is 16.1. The summed E-state index contributed by atoms with van der Waals surface area (Å²) in [5, 5.41) is 13.5. The highest BCUT2D eigenvalue weighted by Crippen LogP contribution is 2.38. The maximum absolute atomic E-state index is 12.7. The van der Waals surface area contributed by atoms with Crippen LogP contribution in [0.3, 0.4) is 0 Å². The van der Waals surface area contributed by atoms with Gasteiger partial charge in [0.1, 0.15) is 5.75 Å². The number of phenols is 1. The number of halogens is 2. The van der Waals surface area contributed by atoms with E-state index in [1.807, 2.05) is 0 Å². The number of hydrogen-bond acceptors (Lipinski definition) is 5. The molecule has 2 saturated heterocycles. The Hall–Kier alpha value is -0.570. The number of nitrogens with one attached hydrogen (secondary N) is 1. The van der Waals surface area contributed by atoms with Crippen LogP contribution in [0.2, 0.25) is 10.0 Å². The average Bonchev–Trinajstić information content (AvgIpc) is 3.13. The van der Waals surface area contributed by atoms with Crippen LogP contribution in [-0.4, -0.2) is 49.3 Å². The molecule has 2 aliphatic rings. The fraction of sp³-hybridized carbons (Fsp3) is 0.625. The van der Waals surface area contributed by atoms with Gasteiger partial charge in [-0.15, -0.1) is 0 Å². The van der Waals surface area contributed by atoms with E-state index < -0.39 is 16.1 Å². The first kappa shape index (κ1) is 19.2. The van der Waals surface area contributed by atoms with Gasteiger partial charge in [-0.05, 0) is 37.8 Å². The second-order valence-electron chi connectivity index (χ2n) is 6.75. The first-order valence-electron chi connectivity index (χ1n) is 8.44. The van der Waals surface area contributed by atoms with Crippen molar-refractivity contribution in [2.24, 2.45) is 11.7 Å². The predicted octanol–water partition coefficient (Wildman–Crippen LogP) is 2.10. The molecule has 0 radical (unpaired) electrons. The lowest BCUT2D eigenvalue weighted by molar-refractivity contribution is 0.242. The molecule has 2 fully saturated rings. The van der Waals surface area contributed by atoms with Gasteiger partial charge in [0.05, 0.1) is 15.3 Å². The van der Waals surface area contributed by atoms with Gasteiger partial charge in [-0.3, -0.25) is 0 Å². The summed E-state index contributed by atoms with van der Waals surface area (Å²) in [7, 11) is -3.25. The molecule has 1 unspecified atom stereocenters. The lowest BCUT2D eigenvalue weighted by Gasteiger charge is -2.35. The first-order chi connectivity index (χ1) is 11.8. The molecule has 1 aromatic carbocycles. The van der Waals surface area contributed by atoms with Crippen LogP contribution in [-0.2, 0) is 10.0 Å². The highest BCUT2D eigenvalue weighted by Gasteiger charge is 2.37. The number of piperidine rings is 1. The molecule has 6 nitrogen and oxygen atoms in total. The molecule has 0 bridgehead atoms. The van der Waals surface area contributed by atoms with Crippen molar-refractivity contribution in [3.63, 3.8) is 0 Å². The summed E-state index contributed by atoms with van der Waals surface area (Å²) in [6, 6.07) is 2.58. The molecule has 9 heteroatoms. The van der Waals surface area contributed by atoms with Crippen molar-refractivity contribution in [1.82, 2.24) is 9.62 Å². The van der Waals surface area contributed by atoms with Gasteiger partial charge in [-0.25, -0.2) is 12.7 Å². The summed E-state index contributed by atoms with van der Waals surface area (Å²) >= 11 is 11.9. The van der Waals surface area contributed by atoms with E-state index in [9.17, 15) is 13.5 Å². The summed E-state index contributed by atoms with van der Waals surface area (Å²) < 4.78 is 26.9. The van der Waals surface area contributed by atoms with E-state index in [0.717, 1.165) is 6.54 Å². The van der Waals surface area contributed by atoms with Gasteiger partial charge in [0.2, 0.25) is 10.0 Å². The van der Waals surface area contributed by atoms with E-state index in [0.29, 0.717) is 49.5 Å². The van der Waals surface area contributed by atoms with E-state index in [1.165, 1.54) is 6.07 Å². The molecule has 3 rings (SSSR count). The van der Waals surface area contributed by atoms with Crippen LogP contribution in [0.25, 0.3) is 0 Å². The third kappa shape index (κ3) is 3.91. The Morgan fingerprint density at radius 3 is 2.44 bits per heavy atom. The Bertz CT molecular complexity index is 730. The van der Waals surface area contributed by atoms with Crippen LogP contribution in [0.1, 0.15) is 30.9 Å². The lowest BCUT2D eigenvalue weighted by atomic mass is 9.86. The SMILES string of the molecule is N[C@@H](c1cc(Cl)c(Cl)cc1O)C1CCN(S(=O)(=O)C2CCNC2)CC1. The van der Waals surface area contributed by atoms with Gasteiger partial charge in [0.15, 0.2) is 0 Å². The molecule has 1 aromatic rings. The van der Waals surface area contributed by atoms with Crippen LogP contribution >= 0.6 is 23.2 Å². The highest BCUT2D eigenvalue weighted by molar-refractivity contribution is 7.89. The van der Waals surface area contributed by atoms with Gasteiger partial charge in [-0.1, -0.05) is 23.2 Å². The molecule has 140 valence electrons. The monoisotopic (exact) mass is 407 g/mol. The number of benzene rings is 1. The van der Waals surface area contributed by atoms with E-state index in [2.05, 4.69) is 5.32 Å². The Balaban J connectivity index is 1.67. The van der Waals surface area contributed by atoms with Crippen LogP contribution in [0.5, 0.6) is 5.75 Å². The molecular formula is C16H23Cl2N3O3S. The Morgan fingerprint density at radius 2 is 1.84 bits per heavy atom. The molecule has 0 aromatic heterocycles. The quantitative estimate of drug-likeness (QED) is 0.709. The average molecular weight is 408 g/mol. The summed E-state index contributed by atoms with van der Waals surface area (Å²) in [6.45, 7) is 2.19. The number of nitrogens with two attached hydrogens (primary N) is 1. The van der Waals surface area contributed by atoms with Crippen molar-refractivity contribution < 1.29 is 13.5 Å². The van der Waals surface area contributed by atoms with Gasteiger partial charge >= 0.3 is 0 Å². The molecule has 0 amide bonds. The predicted molar refractivity (Wildman–Crippen MR) is 99.5 cm³/mol. The Labute approximate surface area is 158 Å². The number of hydrogen-bond donors (Lipinski definition) is 3. The molecule has 2 heterocycles. The summed E-state index contributed by atoms with van der Waals surface area (Å²) in [6.07, 6.45) is 1.97. The second kappa shape index (κ2) is 7.58. The van der Waals surface area contributed by atoms with Crippen molar-refractivity contribution in [1.29, 1.82) is 0 Å². The minimum atomic E-state index is -3.25. The van der Waals surface area contributed by atoms with E-state index in [4.69, 9.17) is 28.9 Å². The van der Waals surface area contributed by atoms with Crippen molar-refractivity contribution in [3.05, 3.63) is 27.7 Å². The molecule has 0 saturated carbocycles. The first-order valence-corrected chi connectivity index (χ1v) is 10.7. The van der Waals surface area contributed by atoms with Gasteiger partial charge in [0.25, 0.3) is 0 Å². The van der Waals surface area contributed by atoms with Crippen molar-refractivity contribution >= 4 is 33.2 Å². The number of aromatic hydroxyl groups is 1. The Kier molecular flexibility index (Phi) is 5.82. The van der Waals surface area contributed by atoms with Crippen LogP contribution < -0.4 is 11.1 Å². The molecule has 0 aliphatic carbocycles. The van der Waals surface area contributed by atoms with Crippen molar-refractivity contribution in [2.45, 2.75) is 30.6 Å². The standard InChI is InChI=1S/C16H23Cl2N3O3S/c17-13-7-12(15(22)8-14(13)18)16(19)10-2-5-21(6-3-10)25(23,24)11-1-4-20-9-11/h7-8,10-11,16,20,22H,1-6,9,19H2/t11?,16-/m1/s1. The van der Waals surface area contributed by atoms with E-state index in [-0.39, 0.29) is 21.9 Å². The van der Waals surface area contributed by atoms with Gasteiger partial charge in [-0.2, -0.15) is 0 Å². The number of phenolic OH excluding ortho intramolecular Hbond substituents is 1. The normalized spacial score (nSPS) is 24.5. The Morgan fingerprint density at radius 1 is 1.20 bits per heavy atom. The highest BCUT2D eigenvalue weighted by atomic mass is 35.5. The summed E-state index contributed by atoms with van der Waals surface area (Å²) in [5.41, 5.74) is 6.88. The second-order valence-corrected chi connectivity index (χ2v) is 9.77. The molecule has 4 N–H and O–H groups in total. The largest absolute Gasteiger partial charge is 0.508 e. The van der Waals surface area contributed by atoms with Crippen molar-refractivity contribution in [2.75, 3.05) is 26.2 Å². The lowest BCUT2D eigenvalue weighted by Crippen LogP contribution is -2.45. The zero-order chi connectivity index (χ0) is 18.2. The maximum Gasteiger partial charge on any atom is 0.218 e. The molecule has 25 heavy (non-hydrogen) atoms. The van der Waals surface area contributed by atoms with Crippen molar-refractivity contribution in [3.8, 4) is 5.75 Å². The third-order valence-electron chi connectivity index (χ3n) is 5.23. The van der Waals surface area contributed by atoms with Crippen LogP contribution in [0.15, 0.2) is 12.1 Å². The maximum atomic E-state index is 12.7. The number of rotatable bonds is 4. The van der Waals surface area contributed by atoms with Crippen LogP contribution in [0.4, 0.5) is 0 Å². The summed E-state index contributed by atoms with van der Waals surface area (Å²) in [4.78, 5) is 0. The molecule has 2 atom stereocenters. The van der Waals surface area contributed by atoms with Gasteiger partial charge < -0.3 is 16.2 Å². The number of sulfonamides is 1. The molecule has 2 aliphatic heterocycles. The topological polar surface area (TPSA) is 95.7 Å². The fourth-order valence-electron chi connectivity index (χ4n) is 3.66. The van der Waals surface area contributed by atoms with E-state index in [1.54, 1.807) is 10.4 Å². The molecular weight excluding hydrogens is 385 g/mol. The minimum Gasteiger partial charge on any atom is -0.508 e. The fourth-order valence-corrected chi connectivity index (χ4v) is 5.87. The number of nitrogens with zero attached hydrogens (tertiary/aromatic N) is 1. The van der Waals surface area contributed by atoms with Gasteiger partial charge in [0, 0.05) is 37.3 Å². The summed E-state index contributed by atoms with van der Waals surface area (Å²) in [5.74, 6) is 0.102. The third-order valence-corrected chi connectivity index (χ3v) is 8.28. The smallest absolute Gasteiger partial charge is 0.218 e. The van der Waals surface area contributed by atoms with E-state index >= 15 is 0 Å². The minimum absolute atomic E-state index is 0.0222. The molecule has 0 spiro atoms. The zero-order valence-electron chi connectivity index (χ0n) is 13.8.